The highest BCUT2D eigenvalue weighted by Gasteiger charge is 2.44. The molecule has 1 amide bonds. The lowest BCUT2D eigenvalue weighted by molar-refractivity contribution is -0.0907. The molecule has 2 aromatic carbocycles. The SMILES string of the molecule is CCCNc1n[nH]c2ccc(S(=O)(=O)N(CC(C)C)C[C@@H](O)[C@H](Cc3ccccc3)NC(=O)O[C@H]3CO[C@H]4OCC[C@H]43)cc12. The minimum absolute atomic E-state index is 0.0224. The van der Waals surface area contributed by atoms with Crippen LogP contribution in [-0.2, 0) is 30.7 Å². The Morgan fingerprint density at radius 2 is 1.98 bits per heavy atom. The molecule has 44 heavy (non-hydrogen) atoms. The fraction of sp³-hybridized carbons (Fsp3) is 0.548. The quantitative estimate of drug-likeness (QED) is 0.210. The lowest BCUT2D eigenvalue weighted by Gasteiger charge is -2.31. The van der Waals surface area contributed by atoms with Crippen molar-refractivity contribution in [1.82, 2.24) is 19.8 Å². The number of benzene rings is 2. The van der Waals surface area contributed by atoms with Crippen LogP contribution in [0.15, 0.2) is 53.4 Å². The number of alkyl carbamates (subject to hydrolysis) is 1. The summed E-state index contributed by atoms with van der Waals surface area (Å²) in [5, 5.41) is 25.5. The van der Waals surface area contributed by atoms with E-state index in [2.05, 4.69) is 20.8 Å². The van der Waals surface area contributed by atoms with Gasteiger partial charge in [-0.25, -0.2) is 13.2 Å². The van der Waals surface area contributed by atoms with E-state index in [9.17, 15) is 18.3 Å². The highest BCUT2D eigenvalue weighted by molar-refractivity contribution is 7.89. The Kier molecular flexibility index (Phi) is 10.4. The molecular formula is C31H43N5O7S. The van der Waals surface area contributed by atoms with E-state index in [0.717, 1.165) is 18.4 Å². The Morgan fingerprint density at radius 3 is 2.73 bits per heavy atom. The first-order valence-corrected chi connectivity index (χ1v) is 16.7. The van der Waals surface area contributed by atoms with E-state index in [1.165, 1.54) is 4.31 Å². The monoisotopic (exact) mass is 629 g/mol. The van der Waals surface area contributed by atoms with Gasteiger partial charge in [0, 0.05) is 25.0 Å². The molecule has 13 heteroatoms. The van der Waals surface area contributed by atoms with Crippen molar-refractivity contribution in [1.29, 1.82) is 0 Å². The molecule has 4 N–H and O–H groups in total. The number of fused-ring (bicyclic) bond motifs is 2. The van der Waals surface area contributed by atoms with Crippen molar-refractivity contribution < 1.29 is 32.5 Å². The maximum absolute atomic E-state index is 14.1. The number of carbonyl (C=O) groups excluding carboxylic acids is 1. The van der Waals surface area contributed by atoms with Crippen LogP contribution in [0.2, 0.25) is 0 Å². The number of H-pyrrole nitrogens is 1. The molecule has 2 fully saturated rings. The largest absolute Gasteiger partial charge is 0.443 e. The molecule has 240 valence electrons. The molecule has 5 atom stereocenters. The fourth-order valence-corrected chi connectivity index (χ4v) is 7.36. The number of rotatable bonds is 14. The van der Waals surface area contributed by atoms with Crippen LogP contribution in [0.1, 0.15) is 39.2 Å². The second kappa shape index (κ2) is 14.2. The minimum atomic E-state index is -4.03. The molecule has 0 unspecified atom stereocenters. The zero-order valence-electron chi connectivity index (χ0n) is 25.4. The van der Waals surface area contributed by atoms with Crippen molar-refractivity contribution in [3.05, 3.63) is 54.1 Å². The van der Waals surface area contributed by atoms with Crippen LogP contribution < -0.4 is 10.6 Å². The van der Waals surface area contributed by atoms with Crippen molar-refractivity contribution in [2.75, 3.05) is 38.2 Å². The van der Waals surface area contributed by atoms with Gasteiger partial charge in [0.25, 0.3) is 0 Å². The average Bonchev–Trinajstić information content (AvgIpc) is 3.73. The molecule has 2 aliphatic heterocycles. The molecule has 0 spiro atoms. The molecule has 2 aliphatic rings. The number of aliphatic hydroxyl groups excluding tert-OH is 1. The molecule has 12 nitrogen and oxygen atoms in total. The zero-order chi connectivity index (χ0) is 31.3. The molecule has 5 rings (SSSR count). The minimum Gasteiger partial charge on any atom is -0.443 e. The Hall–Kier alpha value is -3.23. The molecule has 3 heterocycles. The van der Waals surface area contributed by atoms with Crippen molar-refractivity contribution in [3.63, 3.8) is 0 Å². The molecule has 1 aromatic heterocycles. The van der Waals surface area contributed by atoms with Gasteiger partial charge in [0.05, 0.1) is 41.7 Å². The topological polar surface area (TPSA) is 155 Å². The number of nitrogens with one attached hydrogen (secondary N) is 3. The van der Waals surface area contributed by atoms with Gasteiger partial charge in [-0.15, -0.1) is 0 Å². The Bertz CT molecular complexity index is 1500. The third-order valence-electron chi connectivity index (χ3n) is 7.98. The van der Waals surface area contributed by atoms with Crippen LogP contribution >= 0.6 is 0 Å². The van der Waals surface area contributed by atoms with Gasteiger partial charge in [0.2, 0.25) is 10.0 Å². The first-order valence-electron chi connectivity index (χ1n) is 15.3. The molecule has 3 aromatic rings. The third kappa shape index (κ3) is 7.52. The number of aliphatic hydroxyl groups is 1. The van der Waals surface area contributed by atoms with Crippen molar-refractivity contribution in [3.8, 4) is 0 Å². The van der Waals surface area contributed by atoms with Crippen molar-refractivity contribution >= 4 is 32.8 Å². The number of aromatic nitrogens is 2. The van der Waals surface area contributed by atoms with Crippen LogP contribution in [0.5, 0.6) is 0 Å². The number of carbonyl (C=O) groups is 1. The molecule has 0 saturated carbocycles. The van der Waals surface area contributed by atoms with Gasteiger partial charge in [0.1, 0.15) is 6.10 Å². The summed E-state index contributed by atoms with van der Waals surface area (Å²) < 4.78 is 46.2. The summed E-state index contributed by atoms with van der Waals surface area (Å²) in [6.07, 6.45) is -0.850. The molecule has 0 bridgehead atoms. The van der Waals surface area contributed by atoms with Gasteiger partial charge in [-0.2, -0.15) is 9.40 Å². The summed E-state index contributed by atoms with van der Waals surface area (Å²) in [6.45, 7) is 7.31. The van der Waals surface area contributed by atoms with E-state index >= 15 is 0 Å². The number of sulfonamides is 1. The maximum atomic E-state index is 14.1. The Morgan fingerprint density at radius 1 is 1.18 bits per heavy atom. The Balaban J connectivity index is 1.36. The first-order chi connectivity index (χ1) is 21.2. The Labute approximate surface area is 258 Å². The highest BCUT2D eigenvalue weighted by atomic mass is 32.2. The van der Waals surface area contributed by atoms with Gasteiger partial charge in [-0.3, -0.25) is 5.10 Å². The smallest absolute Gasteiger partial charge is 0.407 e. The summed E-state index contributed by atoms with van der Waals surface area (Å²) in [7, 11) is -4.03. The standard InChI is InChI=1S/C31H43N5O7S/c1-4-13-32-29-24-16-22(10-11-25(24)34-35-29)44(39,40)36(17-20(2)3)18-27(37)26(15-21-8-6-5-7-9-21)33-31(38)43-28-19-42-30-23(28)12-14-41-30/h5-11,16,20,23,26-28,30,37H,4,12-15,17-19H2,1-3H3,(H,33,38)(H2,32,34,35)/t23-,26-,27+,28-,30+/m0/s1. The van der Waals surface area contributed by atoms with E-state index in [4.69, 9.17) is 14.2 Å². The molecular weight excluding hydrogens is 586 g/mol. The maximum Gasteiger partial charge on any atom is 0.407 e. The molecule has 2 saturated heterocycles. The van der Waals surface area contributed by atoms with Crippen molar-refractivity contribution in [2.45, 2.75) is 69.5 Å². The molecule has 0 radical (unpaired) electrons. The lowest BCUT2D eigenvalue weighted by Crippen LogP contribution is -2.51. The van der Waals surface area contributed by atoms with Crippen LogP contribution in [-0.4, -0.2) is 91.5 Å². The van der Waals surface area contributed by atoms with Crippen LogP contribution in [0.4, 0.5) is 10.6 Å². The summed E-state index contributed by atoms with van der Waals surface area (Å²) >= 11 is 0. The number of anilines is 1. The number of hydrogen-bond donors (Lipinski definition) is 4. The summed E-state index contributed by atoms with van der Waals surface area (Å²) in [5.74, 6) is 0.532. The number of hydrogen-bond acceptors (Lipinski definition) is 9. The number of aromatic amines is 1. The van der Waals surface area contributed by atoms with Crippen LogP contribution in [0.3, 0.4) is 0 Å². The second-order valence-corrected chi connectivity index (χ2v) is 13.8. The van der Waals surface area contributed by atoms with Gasteiger partial charge < -0.3 is 30.0 Å². The van der Waals surface area contributed by atoms with Gasteiger partial charge in [0.15, 0.2) is 12.1 Å². The zero-order valence-corrected chi connectivity index (χ0v) is 26.3. The number of ether oxygens (including phenoxy) is 3. The van der Waals surface area contributed by atoms with Crippen molar-refractivity contribution in [2.24, 2.45) is 11.8 Å². The lowest BCUT2D eigenvalue weighted by atomic mass is 10.0. The third-order valence-corrected chi connectivity index (χ3v) is 9.81. The summed E-state index contributed by atoms with van der Waals surface area (Å²) in [4.78, 5) is 13.2. The van der Waals surface area contributed by atoms with Crippen LogP contribution in [0.25, 0.3) is 10.9 Å². The highest BCUT2D eigenvalue weighted by Crippen LogP contribution is 2.33. The first kappa shape index (κ1) is 32.2. The average molecular weight is 630 g/mol. The van der Waals surface area contributed by atoms with Gasteiger partial charge >= 0.3 is 6.09 Å². The number of amides is 1. The summed E-state index contributed by atoms with van der Waals surface area (Å²) in [5.41, 5.74) is 1.59. The number of nitrogens with zero attached hydrogens (tertiary/aromatic N) is 2. The second-order valence-electron chi connectivity index (χ2n) is 11.9. The van der Waals surface area contributed by atoms with Crippen LogP contribution in [0, 0.1) is 11.8 Å². The summed E-state index contributed by atoms with van der Waals surface area (Å²) in [6, 6.07) is 13.4. The fourth-order valence-electron chi connectivity index (χ4n) is 5.72. The van der Waals surface area contributed by atoms with E-state index in [0.29, 0.717) is 29.9 Å². The van der Waals surface area contributed by atoms with E-state index in [1.807, 2.05) is 51.1 Å². The predicted octanol–water partition coefficient (Wildman–Crippen LogP) is 3.49. The van der Waals surface area contributed by atoms with E-state index in [-0.39, 0.29) is 49.1 Å². The van der Waals surface area contributed by atoms with E-state index < -0.39 is 34.4 Å². The van der Waals surface area contributed by atoms with Gasteiger partial charge in [-0.1, -0.05) is 51.1 Å². The molecule has 0 aliphatic carbocycles. The normalized spacial score (nSPS) is 21.5. The van der Waals surface area contributed by atoms with E-state index in [1.54, 1.807) is 18.2 Å². The predicted molar refractivity (Wildman–Crippen MR) is 166 cm³/mol. The van der Waals surface area contributed by atoms with Gasteiger partial charge in [-0.05, 0) is 48.9 Å².